The Morgan fingerprint density at radius 1 is 1.33 bits per heavy atom. The number of ether oxygens (including phenoxy) is 1. The monoisotopic (exact) mass is 214 g/mol. The third-order valence-corrected chi connectivity index (χ3v) is 3.44. The van der Waals surface area contributed by atoms with Gasteiger partial charge < -0.3 is 9.84 Å². The van der Waals surface area contributed by atoms with Gasteiger partial charge in [-0.1, -0.05) is 13.8 Å². The average Bonchev–Trinajstić information content (AvgIpc) is 2.18. The van der Waals surface area contributed by atoms with E-state index in [0.717, 1.165) is 24.7 Å². The normalized spacial score (nSPS) is 31.5. The Balaban J connectivity index is 2.09. The fourth-order valence-corrected chi connectivity index (χ4v) is 2.12. The van der Waals surface area contributed by atoms with Crippen LogP contribution in [0, 0.1) is 11.8 Å². The van der Waals surface area contributed by atoms with Crippen LogP contribution in [-0.2, 0) is 9.53 Å². The van der Waals surface area contributed by atoms with E-state index in [2.05, 4.69) is 13.8 Å². The summed E-state index contributed by atoms with van der Waals surface area (Å²) in [5.41, 5.74) is 0. The van der Waals surface area contributed by atoms with Gasteiger partial charge in [0.2, 0.25) is 0 Å². The molecule has 1 N–H and O–H groups in total. The van der Waals surface area contributed by atoms with Crippen molar-refractivity contribution in [3.8, 4) is 0 Å². The summed E-state index contributed by atoms with van der Waals surface area (Å²) in [4.78, 5) is 10.3. The largest absolute Gasteiger partial charge is 0.481 e. The zero-order valence-corrected chi connectivity index (χ0v) is 9.74. The number of aliphatic carboxylic acids is 1. The van der Waals surface area contributed by atoms with Gasteiger partial charge in [-0.2, -0.15) is 0 Å². The van der Waals surface area contributed by atoms with Crippen molar-refractivity contribution >= 4 is 5.97 Å². The van der Waals surface area contributed by atoms with Crippen LogP contribution in [0.15, 0.2) is 0 Å². The number of hydrogen-bond donors (Lipinski definition) is 1. The number of hydrogen-bond acceptors (Lipinski definition) is 2. The number of carboxylic acid groups (broad SMARTS) is 1. The van der Waals surface area contributed by atoms with E-state index in [4.69, 9.17) is 9.84 Å². The van der Waals surface area contributed by atoms with Gasteiger partial charge in [-0.05, 0) is 37.5 Å². The molecule has 1 aliphatic carbocycles. The Kier molecular flexibility index (Phi) is 5.09. The van der Waals surface area contributed by atoms with Crippen LogP contribution in [0.3, 0.4) is 0 Å². The third-order valence-electron chi connectivity index (χ3n) is 3.44. The molecule has 0 aliphatic heterocycles. The molecule has 88 valence electrons. The highest BCUT2D eigenvalue weighted by molar-refractivity contribution is 5.66. The smallest absolute Gasteiger partial charge is 0.303 e. The molecule has 3 nitrogen and oxygen atoms in total. The standard InChI is InChI=1S/C12H22O3/c1-9-5-6-11(8-10(9)2)15-7-3-4-12(13)14/h9-11H,3-8H2,1-2H3,(H,13,14). The minimum atomic E-state index is -0.732. The molecule has 3 atom stereocenters. The minimum Gasteiger partial charge on any atom is -0.481 e. The second kappa shape index (κ2) is 6.11. The molecule has 0 aromatic carbocycles. The quantitative estimate of drug-likeness (QED) is 0.716. The number of carbonyl (C=O) groups is 1. The van der Waals surface area contributed by atoms with E-state index in [1.54, 1.807) is 0 Å². The summed E-state index contributed by atoms with van der Waals surface area (Å²) < 4.78 is 5.69. The summed E-state index contributed by atoms with van der Waals surface area (Å²) in [6.45, 7) is 5.17. The summed E-state index contributed by atoms with van der Waals surface area (Å²) >= 11 is 0. The first-order chi connectivity index (χ1) is 7.09. The van der Waals surface area contributed by atoms with E-state index in [9.17, 15) is 4.79 Å². The van der Waals surface area contributed by atoms with Gasteiger partial charge in [0.05, 0.1) is 6.10 Å². The Labute approximate surface area is 91.8 Å². The van der Waals surface area contributed by atoms with Gasteiger partial charge in [-0.25, -0.2) is 0 Å². The molecule has 0 saturated heterocycles. The number of rotatable bonds is 5. The van der Waals surface area contributed by atoms with Gasteiger partial charge in [0.1, 0.15) is 0 Å². The molecule has 1 saturated carbocycles. The lowest BCUT2D eigenvalue weighted by atomic mass is 9.80. The zero-order chi connectivity index (χ0) is 11.3. The Hall–Kier alpha value is -0.570. The van der Waals surface area contributed by atoms with Crippen molar-refractivity contribution in [2.75, 3.05) is 6.61 Å². The van der Waals surface area contributed by atoms with Crippen molar-refractivity contribution in [1.82, 2.24) is 0 Å². The van der Waals surface area contributed by atoms with Gasteiger partial charge in [-0.3, -0.25) is 4.79 Å². The van der Waals surface area contributed by atoms with Gasteiger partial charge in [0.25, 0.3) is 0 Å². The van der Waals surface area contributed by atoms with Gasteiger partial charge in [0, 0.05) is 13.0 Å². The summed E-state index contributed by atoms with van der Waals surface area (Å²) in [5.74, 6) is 0.816. The first-order valence-electron chi connectivity index (χ1n) is 5.93. The van der Waals surface area contributed by atoms with Crippen LogP contribution in [0.25, 0.3) is 0 Å². The SMILES string of the molecule is CC1CCC(OCCCC(=O)O)CC1C. The molecule has 0 aromatic rings. The van der Waals surface area contributed by atoms with E-state index >= 15 is 0 Å². The molecule has 0 aromatic heterocycles. The highest BCUT2D eigenvalue weighted by Gasteiger charge is 2.24. The zero-order valence-electron chi connectivity index (χ0n) is 9.74. The fourth-order valence-electron chi connectivity index (χ4n) is 2.12. The second-order valence-corrected chi connectivity index (χ2v) is 4.76. The van der Waals surface area contributed by atoms with E-state index in [1.807, 2.05) is 0 Å². The van der Waals surface area contributed by atoms with Crippen molar-refractivity contribution in [3.63, 3.8) is 0 Å². The highest BCUT2D eigenvalue weighted by Crippen LogP contribution is 2.30. The molecule has 1 aliphatic rings. The van der Waals surface area contributed by atoms with Crippen LogP contribution in [-0.4, -0.2) is 23.8 Å². The molecule has 3 unspecified atom stereocenters. The van der Waals surface area contributed by atoms with Crippen LogP contribution in [0.2, 0.25) is 0 Å². The molecular weight excluding hydrogens is 192 g/mol. The predicted molar refractivity (Wildman–Crippen MR) is 58.8 cm³/mol. The first-order valence-corrected chi connectivity index (χ1v) is 5.93. The molecule has 0 radical (unpaired) electrons. The summed E-state index contributed by atoms with van der Waals surface area (Å²) in [6, 6.07) is 0. The minimum absolute atomic E-state index is 0.221. The molecule has 1 rings (SSSR count). The topological polar surface area (TPSA) is 46.5 Å². The Morgan fingerprint density at radius 3 is 2.67 bits per heavy atom. The first kappa shape index (κ1) is 12.5. The predicted octanol–water partition coefficient (Wildman–Crippen LogP) is 2.69. The maximum Gasteiger partial charge on any atom is 0.303 e. The summed E-state index contributed by atoms with van der Waals surface area (Å²) in [7, 11) is 0. The van der Waals surface area contributed by atoms with Crippen LogP contribution in [0.1, 0.15) is 46.0 Å². The van der Waals surface area contributed by atoms with Gasteiger partial charge >= 0.3 is 5.97 Å². The van der Waals surface area contributed by atoms with Crippen molar-refractivity contribution in [3.05, 3.63) is 0 Å². The van der Waals surface area contributed by atoms with Crippen LogP contribution < -0.4 is 0 Å². The van der Waals surface area contributed by atoms with Crippen LogP contribution >= 0.6 is 0 Å². The maximum absolute atomic E-state index is 10.3. The third kappa shape index (κ3) is 4.65. The summed E-state index contributed by atoms with van der Waals surface area (Å²) in [5, 5.41) is 8.47. The van der Waals surface area contributed by atoms with Gasteiger partial charge in [-0.15, -0.1) is 0 Å². The van der Waals surface area contributed by atoms with E-state index in [0.29, 0.717) is 19.1 Å². The average molecular weight is 214 g/mol. The van der Waals surface area contributed by atoms with E-state index in [1.165, 1.54) is 6.42 Å². The van der Waals surface area contributed by atoms with Crippen LogP contribution in [0.5, 0.6) is 0 Å². The number of carboxylic acids is 1. The molecule has 3 heteroatoms. The lowest BCUT2D eigenvalue weighted by molar-refractivity contribution is -0.137. The lowest BCUT2D eigenvalue weighted by Crippen LogP contribution is -2.27. The lowest BCUT2D eigenvalue weighted by Gasteiger charge is -2.31. The van der Waals surface area contributed by atoms with E-state index in [-0.39, 0.29) is 6.42 Å². The van der Waals surface area contributed by atoms with Crippen molar-refractivity contribution in [2.24, 2.45) is 11.8 Å². The molecule has 15 heavy (non-hydrogen) atoms. The fraction of sp³-hybridized carbons (Fsp3) is 0.917. The van der Waals surface area contributed by atoms with Crippen molar-refractivity contribution in [1.29, 1.82) is 0 Å². The van der Waals surface area contributed by atoms with Crippen molar-refractivity contribution in [2.45, 2.75) is 52.1 Å². The van der Waals surface area contributed by atoms with Gasteiger partial charge in [0.15, 0.2) is 0 Å². The Morgan fingerprint density at radius 2 is 2.07 bits per heavy atom. The van der Waals surface area contributed by atoms with Crippen LogP contribution in [0.4, 0.5) is 0 Å². The van der Waals surface area contributed by atoms with E-state index < -0.39 is 5.97 Å². The molecule has 0 bridgehead atoms. The molecule has 0 spiro atoms. The molecular formula is C12H22O3. The van der Waals surface area contributed by atoms with Crippen molar-refractivity contribution < 1.29 is 14.6 Å². The maximum atomic E-state index is 10.3. The Bertz CT molecular complexity index is 203. The second-order valence-electron chi connectivity index (χ2n) is 4.76. The molecule has 0 amide bonds. The highest BCUT2D eigenvalue weighted by atomic mass is 16.5. The molecule has 1 fully saturated rings. The molecule has 0 heterocycles. The summed E-state index contributed by atoms with van der Waals surface area (Å²) in [6.07, 6.45) is 4.73.